The topological polar surface area (TPSA) is 0 Å². The Morgan fingerprint density at radius 2 is 1.67 bits per heavy atom. The maximum absolute atomic E-state index is 3.04. The zero-order valence-corrected chi connectivity index (χ0v) is 12.9. The van der Waals surface area contributed by atoms with Gasteiger partial charge in [0.15, 0.2) is 0 Å². The molecular formula is C10H7ClHg. The van der Waals surface area contributed by atoms with Crippen LogP contribution in [0.15, 0.2) is 36.1 Å². The van der Waals surface area contributed by atoms with E-state index in [0.29, 0.717) is 0 Å². The summed E-state index contributed by atoms with van der Waals surface area (Å²) < 4.78 is 0. The van der Waals surface area contributed by atoms with Gasteiger partial charge >= 0.3 is 27.7 Å². The average Bonchev–Trinajstić information content (AvgIpc) is 2.05. The first-order valence-electron chi connectivity index (χ1n) is 3.32. The molecule has 56 valence electrons. The fraction of sp³-hybridized carbons (Fsp3) is 0. The van der Waals surface area contributed by atoms with E-state index < -0.39 is 0 Å². The van der Waals surface area contributed by atoms with Crippen LogP contribution in [0, 0.1) is 6.42 Å². The van der Waals surface area contributed by atoms with Crippen molar-refractivity contribution in [3.63, 3.8) is 0 Å². The van der Waals surface area contributed by atoms with Crippen LogP contribution in [0.25, 0.3) is 6.08 Å². The summed E-state index contributed by atoms with van der Waals surface area (Å²) in [5.41, 5.74) is 5.57. The van der Waals surface area contributed by atoms with Crippen molar-refractivity contribution in [2.75, 3.05) is 0 Å². The van der Waals surface area contributed by atoms with Crippen LogP contribution in [-0.2, 0) is 27.7 Å². The molecule has 1 aliphatic carbocycles. The summed E-state index contributed by atoms with van der Waals surface area (Å²) in [6.07, 6.45) is 5.99. The van der Waals surface area contributed by atoms with Crippen molar-refractivity contribution in [3.05, 3.63) is 53.6 Å². The third kappa shape index (κ3) is 2.48. The van der Waals surface area contributed by atoms with Gasteiger partial charge in [-0.1, -0.05) is 24.3 Å². The molecule has 0 amide bonds. The summed E-state index contributed by atoms with van der Waals surface area (Å²) >= 11 is 0. The van der Waals surface area contributed by atoms with Gasteiger partial charge in [-0.15, -0.1) is 5.73 Å². The van der Waals surface area contributed by atoms with Crippen molar-refractivity contribution < 1.29 is 40.1 Å². The van der Waals surface area contributed by atoms with Crippen molar-refractivity contribution in [3.8, 4) is 0 Å². The van der Waals surface area contributed by atoms with E-state index in [0.717, 1.165) is 0 Å². The van der Waals surface area contributed by atoms with Crippen molar-refractivity contribution in [2.24, 2.45) is 0 Å². The number of fused-ring (bicyclic) bond motifs is 1. The predicted octanol–water partition coefficient (Wildman–Crippen LogP) is -0.578. The van der Waals surface area contributed by atoms with Crippen LogP contribution < -0.4 is 12.4 Å². The molecule has 2 radical (unpaired) electrons. The summed E-state index contributed by atoms with van der Waals surface area (Å²) in [6.45, 7) is 0. The molecule has 0 unspecified atom stereocenters. The van der Waals surface area contributed by atoms with Crippen LogP contribution in [-0.4, -0.2) is 0 Å². The number of hydrogen-bond acceptors (Lipinski definition) is 0. The summed E-state index contributed by atoms with van der Waals surface area (Å²) in [6, 6.07) is 8.27. The van der Waals surface area contributed by atoms with Crippen molar-refractivity contribution in [1.29, 1.82) is 0 Å². The molecule has 0 N–H and O–H groups in total. The molecule has 0 aliphatic heterocycles. The van der Waals surface area contributed by atoms with Gasteiger partial charge in [0, 0.05) is 6.42 Å². The van der Waals surface area contributed by atoms with E-state index in [2.05, 4.69) is 24.3 Å². The molecule has 0 saturated heterocycles. The fourth-order valence-corrected chi connectivity index (χ4v) is 1.07. The van der Waals surface area contributed by atoms with Gasteiger partial charge in [-0.2, -0.15) is 0 Å². The van der Waals surface area contributed by atoms with Crippen LogP contribution in [0.5, 0.6) is 0 Å². The second-order valence-corrected chi connectivity index (χ2v) is 2.27. The Kier molecular flexibility index (Phi) is 5.57. The van der Waals surface area contributed by atoms with Crippen LogP contribution in [0.2, 0.25) is 0 Å². The quantitative estimate of drug-likeness (QED) is 0.428. The number of rotatable bonds is 0. The van der Waals surface area contributed by atoms with Crippen molar-refractivity contribution in [1.82, 2.24) is 0 Å². The Hall–Kier alpha value is -0.0349. The first-order chi connectivity index (χ1) is 4.97. The van der Waals surface area contributed by atoms with Gasteiger partial charge in [0.25, 0.3) is 0 Å². The van der Waals surface area contributed by atoms with E-state index >= 15 is 0 Å². The fourth-order valence-electron chi connectivity index (χ4n) is 1.07. The van der Waals surface area contributed by atoms with E-state index in [4.69, 9.17) is 0 Å². The molecule has 0 spiro atoms. The molecule has 2 rings (SSSR count). The molecule has 1 aliphatic rings. The summed E-state index contributed by atoms with van der Waals surface area (Å²) in [4.78, 5) is 0. The third-order valence-corrected chi connectivity index (χ3v) is 1.59. The van der Waals surface area contributed by atoms with Gasteiger partial charge in [-0.05, 0) is 23.3 Å². The predicted molar refractivity (Wildman–Crippen MR) is 42.4 cm³/mol. The Labute approximate surface area is 99.3 Å². The minimum atomic E-state index is 0. The molecule has 0 heterocycles. The van der Waals surface area contributed by atoms with E-state index in [9.17, 15) is 0 Å². The molecule has 0 nitrogen and oxygen atoms in total. The molecule has 0 fully saturated rings. The number of halogens is 1. The maximum atomic E-state index is 3.04. The second-order valence-electron chi connectivity index (χ2n) is 2.27. The Morgan fingerprint density at radius 1 is 1.00 bits per heavy atom. The maximum Gasteiger partial charge on any atom is 1.00 e. The van der Waals surface area contributed by atoms with E-state index in [1.54, 1.807) is 0 Å². The van der Waals surface area contributed by atoms with E-state index in [1.165, 1.54) is 11.1 Å². The standard InChI is InChI=1S/C10H7.ClH.Hg/c1-2-6-10-8-4-3-7-9(10)5-1;;/h1-3,5-8H;1H;/q;;+1/p-1. The van der Waals surface area contributed by atoms with Gasteiger partial charge in [0.2, 0.25) is 0 Å². The monoisotopic (exact) mass is 364 g/mol. The molecule has 0 bridgehead atoms. The Bertz CT molecular complexity index is 311. The largest absolute Gasteiger partial charge is 1.00 e. The first kappa shape index (κ1) is 12.0. The zero-order valence-electron chi connectivity index (χ0n) is 6.63. The SMILES string of the molecule is C1=C[CH]c2ccccc2C=1.[Cl-].[Hg+]. The number of allylic oxidation sites excluding steroid dienone is 1. The summed E-state index contributed by atoms with van der Waals surface area (Å²) in [5.74, 6) is 0. The van der Waals surface area contributed by atoms with Gasteiger partial charge < -0.3 is 12.4 Å². The summed E-state index contributed by atoms with van der Waals surface area (Å²) in [7, 11) is 0. The molecule has 1 aromatic carbocycles. The smallest absolute Gasteiger partial charge is 1.00 e. The molecule has 1 aromatic rings. The van der Waals surface area contributed by atoms with E-state index in [-0.39, 0.29) is 40.1 Å². The van der Waals surface area contributed by atoms with Gasteiger partial charge in [-0.3, -0.25) is 0 Å². The normalized spacial score (nSPS) is 11.0. The zero-order chi connectivity index (χ0) is 6.81. The second kappa shape index (κ2) is 5.58. The van der Waals surface area contributed by atoms with Crippen LogP contribution >= 0.6 is 0 Å². The van der Waals surface area contributed by atoms with Crippen LogP contribution in [0.1, 0.15) is 11.1 Å². The van der Waals surface area contributed by atoms with Crippen molar-refractivity contribution >= 4 is 6.08 Å². The van der Waals surface area contributed by atoms with Gasteiger partial charge in [-0.25, -0.2) is 0 Å². The minimum absolute atomic E-state index is 0. The van der Waals surface area contributed by atoms with E-state index in [1.807, 2.05) is 24.3 Å². The average molecular weight is 363 g/mol. The molecule has 0 saturated carbocycles. The van der Waals surface area contributed by atoms with Crippen molar-refractivity contribution in [2.45, 2.75) is 0 Å². The number of benzene rings is 1. The number of hydrogen-bond donors (Lipinski definition) is 0. The van der Waals surface area contributed by atoms with Gasteiger partial charge in [0.05, 0.1) is 0 Å². The van der Waals surface area contributed by atoms with Gasteiger partial charge in [0.1, 0.15) is 0 Å². The Balaban J connectivity index is 0.000000605. The molecule has 12 heavy (non-hydrogen) atoms. The van der Waals surface area contributed by atoms with Crippen LogP contribution in [0.4, 0.5) is 0 Å². The third-order valence-electron chi connectivity index (χ3n) is 1.59. The minimum Gasteiger partial charge on any atom is -1.00 e. The first-order valence-corrected chi connectivity index (χ1v) is 3.32. The molecule has 0 atom stereocenters. The summed E-state index contributed by atoms with van der Waals surface area (Å²) in [5, 5.41) is 0. The molecule has 2 heteroatoms. The Morgan fingerprint density at radius 3 is 2.33 bits per heavy atom. The van der Waals surface area contributed by atoms with Crippen LogP contribution in [0.3, 0.4) is 0 Å². The molecule has 0 aromatic heterocycles. The molecular weight excluding hydrogens is 356 g/mol.